The van der Waals surface area contributed by atoms with Crippen molar-refractivity contribution in [2.45, 2.75) is 33.1 Å². The summed E-state index contributed by atoms with van der Waals surface area (Å²) in [6.07, 6.45) is 1.91. The summed E-state index contributed by atoms with van der Waals surface area (Å²) >= 11 is 1.65. The average molecular weight is 206 g/mol. The zero-order valence-corrected chi connectivity index (χ0v) is 9.77. The maximum atomic E-state index is 4.42. The molecule has 2 nitrogen and oxygen atoms in total. The Morgan fingerprint density at radius 2 is 1.93 bits per heavy atom. The van der Waals surface area contributed by atoms with Gasteiger partial charge in [0.15, 0.2) is 0 Å². The molecule has 0 aliphatic carbocycles. The number of pyridine rings is 1. The lowest BCUT2D eigenvalue weighted by molar-refractivity contribution is 0.587. The fraction of sp³-hybridized carbons (Fsp3) is 0.455. The van der Waals surface area contributed by atoms with Crippen molar-refractivity contribution >= 4 is 21.6 Å². The Morgan fingerprint density at radius 1 is 1.21 bits per heavy atom. The van der Waals surface area contributed by atoms with E-state index in [2.05, 4.69) is 37.7 Å². The van der Waals surface area contributed by atoms with E-state index in [1.54, 1.807) is 11.3 Å². The van der Waals surface area contributed by atoms with E-state index in [4.69, 9.17) is 0 Å². The number of hydrogen-bond donors (Lipinski definition) is 0. The van der Waals surface area contributed by atoms with Crippen LogP contribution in [0.25, 0.3) is 10.2 Å². The van der Waals surface area contributed by atoms with E-state index in [0.717, 1.165) is 11.2 Å². The first-order valence-corrected chi connectivity index (χ1v) is 5.57. The quantitative estimate of drug-likeness (QED) is 0.661. The molecule has 0 aromatic carbocycles. The van der Waals surface area contributed by atoms with E-state index >= 15 is 0 Å². The Balaban J connectivity index is 2.83. The first-order valence-electron chi connectivity index (χ1n) is 4.69. The summed E-state index contributed by atoms with van der Waals surface area (Å²) in [5, 5.41) is 0. The predicted octanol–water partition coefficient (Wildman–Crippen LogP) is 3.30. The molecule has 2 aromatic heterocycles. The van der Waals surface area contributed by atoms with Crippen molar-refractivity contribution in [3.63, 3.8) is 0 Å². The second-order valence-corrected chi connectivity index (χ2v) is 5.42. The van der Waals surface area contributed by atoms with E-state index in [0.29, 0.717) is 0 Å². The molecular weight excluding hydrogens is 192 g/mol. The number of fused-ring (bicyclic) bond motifs is 1. The minimum atomic E-state index is 0.116. The van der Waals surface area contributed by atoms with E-state index < -0.39 is 0 Å². The molecule has 2 rings (SSSR count). The maximum absolute atomic E-state index is 4.42. The van der Waals surface area contributed by atoms with Gasteiger partial charge in [-0.05, 0) is 12.3 Å². The van der Waals surface area contributed by atoms with Crippen molar-refractivity contribution in [2.75, 3.05) is 0 Å². The molecule has 2 heterocycles. The van der Waals surface area contributed by atoms with Crippen LogP contribution in [0.3, 0.4) is 0 Å². The Morgan fingerprint density at radius 3 is 2.57 bits per heavy atom. The molecule has 74 valence electrons. The molecule has 14 heavy (non-hydrogen) atoms. The zero-order valence-electron chi connectivity index (χ0n) is 8.96. The van der Waals surface area contributed by atoms with Gasteiger partial charge in [0.2, 0.25) is 0 Å². The van der Waals surface area contributed by atoms with Gasteiger partial charge >= 0.3 is 0 Å². The van der Waals surface area contributed by atoms with Crippen LogP contribution in [0, 0.1) is 6.92 Å². The van der Waals surface area contributed by atoms with Gasteiger partial charge in [-0.25, -0.2) is 4.98 Å². The minimum absolute atomic E-state index is 0.116. The Labute approximate surface area is 88.0 Å². The van der Waals surface area contributed by atoms with Crippen molar-refractivity contribution < 1.29 is 0 Å². The SMILES string of the molecule is Cc1ncc2scnc2c1C(C)(C)C. The van der Waals surface area contributed by atoms with Crippen molar-refractivity contribution in [3.05, 3.63) is 23.0 Å². The standard InChI is InChI=1S/C11H14N2S/c1-7-9(11(2,3)4)10-8(5-12-7)14-6-13-10/h5-6H,1-4H3. The minimum Gasteiger partial charge on any atom is -0.260 e. The molecule has 0 atom stereocenters. The molecule has 0 unspecified atom stereocenters. The van der Waals surface area contributed by atoms with E-state index in [9.17, 15) is 0 Å². The summed E-state index contributed by atoms with van der Waals surface area (Å²) in [4.78, 5) is 8.84. The van der Waals surface area contributed by atoms with Crippen molar-refractivity contribution in [2.24, 2.45) is 0 Å². The second-order valence-electron chi connectivity index (χ2n) is 4.53. The zero-order chi connectivity index (χ0) is 10.3. The van der Waals surface area contributed by atoms with Gasteiger partial charge in [-0.3, -0.25) is 4.98 Å². The van der Waals surface area contributed by atoms with Crippen LogP contribution >= 0.6 is 11.3 Å². The van der Waals surface area contributed by atoms with Crippen LogP contribution in [0.15, 0.2) is 11.7 Å². The molecule has 0 N–H and O–H groups in total. The van der Waals surface area contributed by atoms with Crippen LogP contribution in [0.4, 0.5) is 0 Å². The Kier molecular flexibility index (Phi) is 2.07. The highest BCUT2D eigenvalue weighted by molar-refractivity contribution is 7.16. The number of aromatic nitrogens is 2. The topological polar surface area (TPSA) is 25.8 Å². The lowest BCUT2D eigenvalue weighted by Crippen LogP contribution is -2.14. The molecule has 0 radical (unpaired) electrons. The fourth-order valence-corrected chi connectivity index (χ4v) is 2.48. The van der Waals surface area contributed by atoms with Gasteiger partial charge < -0.3 is 0 Å². The predicted molar refractivity (Wildman–Crippen MR) is 60.9 cm³/mol. The molecule has 2 aromatic rings. The normalized spacial score (nSPS) is 12.3. The van der Waals surface area contributed by atoms with Crippen LogP contribution in [0.1, 0.15) is 32.0 Å². The molecule has 0 saturated carbocycles. The van der Waals surface area contributed by atoms with Crippen LogP contribution < -0.4 is 0 Å². The second kappa shape index (κ2) is 3.02. The smallest absolute Gasteiger partial charge is 0.0883 e. The summed E-state index contributed by atoms with van der Waals surface area (Å²) < 4.78 is 1.18. The summed E-state index contributed by atoms with van der Waals surface area (Å²) in [7, 11) is 0. The number of hydrogen-bond acceptors (Lipinski definition) is 3. The summed E-state index contributed by atoms with van der Waals surface area (Å²) in [6.45, 7) is 8.67. The van der Waals surface area contributed by atoms with Crippen LogP contribution in [0.5, 0.6) is 0 Å². The molecule has 0 bridgehead atoms. The maximum Gasteiger partial charge on any atom is 0.0883 e. The summed E-state index contributed by atoms with van der Waals surface area (Å²) in [5.41, 5.74) is 5.49. The first-order chi connectivity index (χ1) is 6.50. The molecule has 0 saturated heterocycles. The monoisotopic (exact) mass is 206 g/mol. The Bertz CT molecular complexity index is 466. The van der Waals surface area contributed by atoms with Crippen molar-refractivity contribution in [1.82, 2.24) is 9.97 Å². The summed E-state index contributed by atoms with van der Waals surface area (Å²) in [6, 6.07) is 0. The van der Waals surface area contributed by atoms with Crippen LogP contribution in [0.2, 0.25) is 0 Å². The van der Waals surface area contributed by atoms with Gasteiger partial charge in [0.1, 0.15) is 0 Å². The Hall–Kier alpha value is -0.960. The van der Waals surface area contributed by atoms with Gasteiger partial charge in [0, 0.05) is 17.5 Å². The van der Waals surface area contributed by atoms with E-state index in [1.807, 2.05) is 11.7 Å². The number of rotatable bonds is 0. The molecule has 0 aliphatic rings. The first kappa shape index (κ1) is 9.59. The largest absolute Gasteiger partial charge is 0.260 e. The highest BCUT2D eigenvalue weighted by atomic mass is 32.1. The molecule has 0 spiro atoms. The van der Waals surface area contributed by atoms with Gasteiger partial charge in [0.05, 0.1) is 15.7 Å². The highest BCUT2D eigenvalue weighted by Gasteiger charge is 2.21. The van der Waals surface area contributed by atoms with E-state index in [-0.39, 0.29) is 5.41 Å². The lowest BCUT2D eigenvalue weighted by Gasteiger charge is -2.21. The molecular formula is C11H14N2S. The van der Waals surface area contributed by atoms with Gasteiger partial charge in [-0.15, -0.1) is 11.3 Å². The molecule has 3 heteroatoms. The third-order valence-electron chi connectivity index (χ3n) is 2.32. The van der Waals surface area contributed by atoms with E-state index in [1.165, 1.54) is 10.3 Å². The van der Waals surface area contributed by atoms with Gasteiger partial charge in [-0.2, -0.15) is 0 Å². The van der Waals surface area contributed by atoms with Crippen LogP contribution in [-0.2, 0) is 5.41 Å². The van der Waals surface area contributed by atoms with Crippen molar-refractivity contribution in [1.29, 1.82) is 0 Å². The van der Waals surface area contributed by atoms with Gasteiger partial charge in [0.25, 0.3) is 0 Å². The van der Waals surface area contributed by atoms with Crippen molar-refractivity contribution in [3.8, 4) is 0 Å². The van der Waals surface area contributed by atoms with Crippen LogP contribution in [-0.4, -0.2) is 9.97 Å². The average Bonchev–Trinajstić information content (AvgIpc) is 2.48. The number of aryl methyl sites for hydroxylation is 1. The van der Waals surface area contributed by atoms with Gasteiger partial charge in [-0.1, -0.05) is 20.8 Å². The molecule has 0 aliphatic heterocycles. The third kappa shape index (κ3) is 1.42. The third-order valence-corrected chi connectivity index (χ3v) is 3.08. The lowest BCUT2D eigenvalue weighted by atomic mass is 9.85. The number of thiazole rings is 1. The highest BCUT2D eigenvalue weighted by Crippen LogP contribution is 2.32. The molecule has 0 fully saturated rings. The molecule has 0 amide bonds. The summed E-state index contributed by atoms with van der Waals surface area (Å²) in [5.74, 6) is 0. The fourth-order valence-electron chi connectivity index (χ4n) is 1.82. The number of nitrogens with zero attached hydrogens (tertiary/aromatic N) is 2.